The fraction of sp³-hybridized carbons (Fsp3) is 0.423. The predicted molar refractivity (Wildman–Crippen MR) is 137 cm³/mol. The van der Waals surface area contributed by atoms with Crippen molar-refractivity contribution in [3.05, 3.63) is 59.4 Å². The molecular formula is C26H34FN4O2S+. The topological polar surface area (TPSA) is 66.2 Å². The Kier molecular flexibility index (Phi) is 8.15. The number of quaternary nitrogens is 1. The Labute approximate surface area is 205 Å². The van der Waals surface area contributed by atoms with Crippen LogP contribution in [-0.2, 0) is 9.59 Å². The number of aryl methyl sites for hydroxylation is 1. The van der Waals surface area contributed by atoms with E-state index in [9.17, 15) is 14.0 Å². The van der Waals surface area contributed by atoms with Gasteiger partial charge in [-0.2, -0.15) is 0 Å². The maximum Gasteiger partial charge on any atom is 0.242 e. The number of hydrogen-bond donors (Lipinski definition) is 2. The molecule has 2 aromatic carbocycles. The average Bonchev–Trinajstić information content (AvgIpc) is 3.00. The van der Waals surface area contributed by atoms with E-state index in [-0.39, 0.29) is 23.4 Å². The van der Waals surface area contributed by atoms with Gasteiger partial charge in [-0.3, -0.25) is 14.5 Å². The minimum absolute atomic E-state index is 0.0560. The average molecular weight is 486 g/mol. The number of carbonyl (C=O) groups excluding carboxylic acids is 2. The van der Waals surface area contributed by atoms with Gasteiger partial charge in [-0.05, 0) is 43.2 Å². The van der Waals surface area contributed by atoms with Gasteiger partial charge >= 0.3 is 0 Å². The molecule has 0 unspecified atom stereocenters. The first-order valence-electron chi connectivity index (χ1n) is 11.4. The molecule has 3 rings (SSSR count). The van der Waals surface area contributed by atoms with E-state index in [0.717, 1.165) is 23.4 Å². The molecule has 1 fully saturated rings. The number of carbonyl (C=O) groups is 2. The van der Waals surface area contributed by atoms with Crippen LogP contribution in [0.2, 0.25) is 0 Å². The third kappa shape index (κ3) is 6.45. The van der Waals surface area contributed by atoms with Gasteiger partial charge in [0.25, 0.3) is 0 Å². The number of hydrogen-bond acceptors (Lipinski definition) is 4. The second-order valence-electron chi connectivity index (χ2n) is 9.92. The summed E-state index contributed by atoms with van der Waals surface area (Å²) in [7, 11) is 4.17. The molecule has 34 heavy (non-hydrogen) atoms. The summed E-state index contributed by atoms with van der Waals surface area (Å²) in [6.45, 7) is 9.68. The molecule has 1 atom stereocenters. The van der Waals surface area contributed by atoms with Crippen LogP contribution < -0.4 is 10.2 Å². The zero-order valence-corrected chi connectivity index (χ0v) is 21.6. The molecule has 0 aromatic heterocycles. The van der Waals surface area contributed by atoms with E-state index in [2.05, 4.69) is 33.3 Å². The number of nitrogens with zero attached hydrogens (tertiary/aromatic N) is 2. The molecule has 0 spiro atoms. The number of thioether (sulfide) groups is 1. The van der Waals surface area contributed by atoms with Crippen LogP contribution in [-0.4, -0.2) is 54.3 Å². The zero-order chi connectivity index (χ0) is 25.0. The highest BCUT2D eigenvalue weighted by Crippen LogP contribution is 2.35. The Hall–Kier alpha value is -2.71. The van der Waals surface area contributed by atoms with E-state index in [0.29, 0.717) is 11.7 Å². The molecule has 8 heteroatoms. The lowest BCUT2D eigenvalue weighted by Gasteiger charge is -2.30. The molecule has 6 nitrogen and oxygen atoms in total. The first-order chi connectivity index (χ1) is 16.0. The van der Waals surface area contributed by atoms with E-state index in [1.165, 1.54) is 28.8 Å². The number of para-hydroxylation sites is 1. The van der Waals surface area contributed by atoms with Crippen molar-refractivity contribution >= 4 is 40.1 Å². The van der Waals surface area contributed by atoms with Gasteiger partial charge in [-0.25, -0.2) is 9.38 Å². The van der Waals surface area contributed by atoms with E-state index in [1.54, 1.807) is 17.0 Å². The first-order valence-corrected chi connectivity index (χ1v) is 12.3. The molecule has 2 N–H and O–H groups in total. The largest absolute Gasteiger partial charge is 0.339 e. The van der Waals surface area contributed by atoms with Gasteiger partial charge in [0.15, 0.2) is 5.17 Å². The fourth-order valence-corrected chi connectivity index (χ4v) is 5.35. The number of anilines is 1. The number of rotatable bonds is 8. The molecule has 182 valence electrons. The number of benzene rings is 2. The molecule has 0 aliphatic carbocycles. The highest BCUT2D eigenvalue weighted by atomic mass is 32.2. The van der Waals surface area contributed by atoms with Crippen molar-refractivity contribution in [2.24, 2.45) is 10.4 Å². The third-order valence-corrected chi connectivity index (χ3v) is 6.92. The predicted octanol–water partition coefficient (Wildman–Crippen LogP) is 3.57. The Morgan fingerprint density at radius 2 is 1.88 bits per heavy atom. The normalized spacial score (nSPS) is 17.6. The summed E-state index contributed by atoms with van der Waals surface area (Å²) in [6.07, 6.45) is -0.0560. The summed E-state index contributed by atoms with van der Waals surface area (Å²) in [5, 5.41) is 2.58. The smallest absolute Gasteiger partial charge is 0.242 e. The molecule has 0 radical (unpaired) electrons. The van der Waals surface area contributed by atoms with Crippen LogP contribution in [0.1, 0.15) is 31.4 Å². The maximum atomic E-state index is 14.0. The van der Waals surface area contributed by atoms with Crippen molar-refractivity contribution in [1.82, 2.24) is 4.90 Å². The summed E-state index contributed by atoms with van der Waals surface area (Å²) < 4.78 is 14.0. The lowest BCUT2D eigenvalue weighted by Crippen LogP contribution is -3.07. The number of nitrogens with one attached hydrogen (secondary N) is 2. The van der Waals surface area contributed by atoms with Gasteiger partial charge in [-0.15, -0.1) is 0 Å². The minimum Gasteiger partial charge on any atom is -0.339 e. The van der Waals surface area contributed by atoms with E-state index in [1.807, 2.05) is 32.0 Å². The quantitative estimate of drug-likeness (QED) is 0.601. The third-order valence-electron chi connectivity index (χ3n) is 5.75. The summed E-state index contributed by atoms with van der Waals surface area (Å²) in [5.41, 5.74) is 2.95. The second-order valence-corrected chi connectivity index (χ2v) is 11.1. The van der Waals surface area contributed by atoms with Crippen molar-refractivity contribution in [2.75, 3.05) is 32.5 Å². The maximum absolute atomic E-state index is 14.0. The molecule has 2 amide bonds. The van der Waals surface area contributed by atoms with Crippen LogP contribution in [0.4, 0.5) is 15.8 Å². The van der Waals surface area contributed by atoms with E-state index >= 15 is 0 Å². The summed E-state index contributed by atoms with van der Waals surface area (Å²) in [5.74, 6) is -1.05. The van der Waals surface area contributed by atoms with Crippen molar-refractivity contribution < 1.29 is 18.9 Å². The molecular weight excluding hydrogens is 451 g/mol. The van der Waals surface area contributed by atoms with Crippen LogP contribution in [0, 0.1) is 25.1 Å². The zero-order valence-electron chi connectivity index (χ0n) is 20.7. The molecule has 0 saturated carbocycles. The van der Waals surface area contributed by atoms with Crippen LogP contribution >= 0.6 is 11.8 Å². The number of halogens is 1. The SMILES string of the molecule is Cc1cccc(N=C2S[C@H](CC(=O)Nc3ccccc3F)C(=O)N2CC(C)(C)C[NH+](C)C)c1C. The second kappa shape index (κ2) is 10.7. The Bertz CT molecular complexity index is 1100. The van der Waals surface area contributed by atoms with Crippen LogP contribution in [0.5, 0.6) is 0 Å². The van der Waals surface area contributed by atoms with Crippen LogP contribution in [0.15, 0.2) is 47.5 Å². The van der Waals surface area contributed by atoms with Crippen LogP contribution in [0.25, 0.3) is 0 Å². The van der Waals surface area contributed by atoms with Gasteiger partial charge in [0.1, 0.15) is 11.1 Å². The highest BCUT2D eigenvalue weighted by molar-refractivity contribution is 8.15. The number of amides is 2. The van der Waals surface area contributed by atoms with Crippen LogP contribution in [0.3, 0.4) is 0 Å². The molecule has 1 aliphatic rings. The first kappa shape index (κ1) is 25.9. The van der Waals surface area contributed by atoms with E-state index in [4.69, 9.17) is 4.99 Å². The van der Waals surface area contributed by atoms with Crippen molar-refractivity contribution in [3.63, 3.8) is 0 Å². The monoisotopic (exact) mass is 485 g/mol. The van der Waals surface area contributed by atoms with E-state index < -0.39 is 17.0 Å². The molecule has 1 heterocycles. The minimum atomic E-state index is -0.613. The number of amidine groups is 1. The molecule has 2 aromatic rings. The standard InChI is InChI=1S/C26H33FN4O2S/c1-17-10-9-13-20(18(17)2)29-25-31(16-26(3,4)15-30(5)6)24(33)22(34-25)14-23(32)28-21-12-8-7-11-19(21)27/h7-13,22H,14-16H2,1-6H3,(H,28,32)/p+1/t22-/m1/s1. The Morgan fingerprint density at radius 3 is 2.56 bits per heavy atom. The summed E-state index contributed by atoms with van der Waals surface area (Å²) in [6, 6.07) is 11.9. The Morgan fingerprint density at radius 1 is 1.18 bits per heavy atom. The number of aliphatic imine (C=N–C) groups is 1. The summed E-state index contributed by atoms with van der Waals surface area (Å²) >= 11 is 1.30. The lowest BCUT2D eigenvalue weighted by molar-refractivity contribution is -0.865. The van der Waals surface area contributed by atoms with Gasteiger partial charge in [0.2, 0.25) is 11.8 Å². The van der Waals surface area contributed by atoms with Crippen molar-refractivity contribution in [2.45, 2.75) is 39.4 Å². The summed E-state index contributed by atoms with van der Waals surface area (Å²) in [4.78, 5) is 34.0. The van der Waals surface area contributed by atoms with Crippen molar-refractivity contribution in [1.29, 1.82) is 0 Å². The van der Waals surface area contributed by atoms with Gasteiger partial charge in [-0.1, -0.05) is 49.9 Å². The van der Waals surface area contributed by atoms with Gasteiger partial charge in [0, 0.05) is 18.4 Å². The molecule has 1 aliphatic heterocycles. The van der Waals surface area contributed by atoms with Crippen molar-refractivity contribution in [3.8, 4) is 0 Å². The van der Waals surface area contributed by atoms with Gasteiger partial charge in [0.05, 0.1) is 32.0 Å². The Balaban J connectivity index is 1.86. The highest BCUT2D eigenvalue weighted by Gasteiger charge is 2.42. The molecule has 1 saturated heterocycles. The molecule has 0 bridgehead atoms. The fourth-order valence-electron chi connectivity index (χ4n) is 4.20. The van der Waals surface area contributed by atoms with Gasteiger partial charge < -0.3 is 10.2 Å². The lowest BCUT2D eigenvalue weighted by atomic mass is 9.92.